The van der Waals surface area contributed by atoms with Crippen LogP contribution in [-0.2, 0) is 6.54 Å². The molecule has 0 aliphatic carbocycles. The summed E-state index contributed by atoms with van der Waals surface area (Å²) < 4.78 is 1.09. The number of nitrogens with zero attached hydrogens (tertiary/aromatic N) is 1. The first kappa shape index (κ1) is 14.6. The van der Waals surface area contributed by atoms with Crippen LogP contribution in [0.4, 0.5) is 5.69 Å². The van der Waals surface area contributed by atoms with Gasteiger partial charge in [-0.2, -0.15) is 0 Å². The minimum Gasteiger partial charge on any atom is -0.384 e. The molecule has 0 aromatic heterocycles. The van der Waals surface area contributed by atoms with Crippen molar-refractivity contribution in [3.63, 3.8) is 0 Å². The average Bonchev–Trinajstić information content (AvgIpc) is 2.38. The van der Waals surface area contributed by atoms with Crippen LogP contribution in [0.25, 0.3) is 0 Å². The number of nitrogens with two attached hydrogens (primary N) is 1. The lowest BCUT2D eigenvalue weighted by Crippen LogP contribution is -2.18. The highest BCUT2D eigenvalue weighted by molar-refractivity contribution is 9.10. The lowest BCUT2D eigenvalue weighted by molar-refractivity contribution is 0.921. The molecule has 3 nitrogen and oxygen atoms in total. The quantitative estimate of drug-likeness (QED) is 0.663. The second-order valence-electron chi connectivity index (χ2n) is 4.90. The van der Waals surface area contributed by atoms with Gasteiger partial charge in [0.15, 0.2) is 0 Å². The van der Waals surface area contributed by atoms with Gasteiger partial charge in [0.1, 0.15) is 5.84 Å². The summed E-state index contributed by atoms with van der Waals surface area (Å²) >= 11 is 3.49. The van der Waals surface area contributed by atoms with E-state index in [-0.39, 0.29) is 5.84 Å². The molecule has 2 aromatic rings. The maximum Gasteiger partial charge on any atom is 0.123 e. The molecule has 3 N–H and O–H groups in total. The number of nitrogens with one attached hydrogen (secondary N) is 1. The van der Waals surface area contributed by atoms with Gasteiger partial charge in [-0.15, -0.1) is 0 Å². The SMILES string of the molecule is Cc1cc(N(C)Cc2cccc(Br)c2)ccc1C(=N)N. The molecule has 2 aromatic carbocycles. The third-order valence-electron chi connectivity index (χ3n) is 3.25. The Kier molecular flexibility index (Phi) is 4.45. The van der Waals surface area contributed by atoms with E-state index in [1.54, 1.807) is 0 Å². The summed E-state index contributed by atoms with van der Waals surface area (Å²) in [5.41, 5.74) is 9.73. The Hall–Kier alpha value is -1.81. The molecule has 0 amide bonds. The number of aryl methyl sites for hydroxylation is 1. The zero-order chi connectivity index (χ0) is 14.7. The lowest BCUT2D eigenvalue weighted by atomic mass is 10.1. The van der Waals surface area contributed by atoms with E-state index >= 15 is 0 Å². The Bertz CT molecular complexity index is 637. The van der Waals surface area contributed by atoms with Crippen molar-refractivity contribution in [2.45, 2.75) is 13.5 Å². The molecule has 20 heavy (non-hydrogen) atoms. The Labute approximate surface area is 128 Å². The Morgan fingerprint density at radius 3 is 2.60 bits per heavy atom. The molecule has 0 radical (unpaired) electrons. The van der Waals surface area contributed by atoms with Gasteiger partial charge in [-0.3, -0.25) is 5.41 Å². The van der Waals surface area contributed by atoms with Crippen LogP contribution in [0.3, 0.4) is 0 Å². The first-order valence-corrected chi connectivity index (χ1v) is 7.17. The smallest absolute Gasteiger partial charge is 0.123 e. The van der Waals surface area contributed by atoms with E-state index < -0.39 is 0 Å². The zero-order valence-corrected chi connectivity index (χ0v) is 13.2. The molecule has 0 atom stereocenters. The van der Waals surface area contributed by atoms with Gasteiger partial charge in [0, 0.05) is 29.3 Å². The average molecular weight is 332 g/mol. The third-order valence-corrected chi connectivity index (χ3v) is 3.74. The fraction of sp³-hybridized carbons (Fsp3) is 0.188. The molecule has 0 aliphatic heterocycles. The Morgan fingerprint density at radius 1 is 1.25 bits per heavy atom. The number of nitrogen functional groups attached to an aromatic ring is 1. The van der Waals surface area contributed by atoms with Crippen molar-refractivity contribution in [3.8, 4) is 0 Å². The summed E-state index contributed by atoms with van der Waals surface area (Å²) in [6.07, 6.45) is 0. The van der Waals surface area contributed by atoms with Crippen molar-refractivity contribution < 1.29 is 0 Å². The number of amidine groups is 1. The monoisotopic (exact) mass is 331 g/mol. The van der Waals surface area contributed by atoms with Crippen LogP contribution < -0.4 is 10.6 Å². The maximum atomic E-state index is 7.52. The molecular weight excluding hydrogens is 314 g/mol. The molecule has 0 fully saturated rings. The second-order valence-corrected chi connectivity index (χ2v) is 5.81. The topological polar surface area (TPSA) is 53.1 Å². The van der Waals surface area contributed by atoms with Crippen molar-refractivity contribution in [1.29, 1.82) is 5.41 Å². The number of benzene rings is 2. The van der Waals surface area contributed by atoms with Crippen molar-refractivity contribution in [1.82, 2.24) is 0 Å². The number of hydrogen-bond donors (Lipinski definition) is 2. The van der Waals surface area contributed by atoms with E-state index in [0.29, 0.717) is 0 Å². The van der Waals surface area contributed by atoms with Crippen LogP contribution in [0, 0.1) is 12.3 Å². The molecule has 104 valence electrons. The molecule has 0 saturated carbocycles. The van der Waals surface area contributed by atoms with Crippen LogP contribution in [0.1, 0.15) is 16.7 Å². The van der Waals surface area contributed by atoms with Gasteiger partial charge in [-0.05, 0) is 48.4 Å². The summed E-state index contributed by atoms with van der Waals surface area (Å²) in [5, 5.41) is 7.52. The summed E-state index contributed by atoms with van der Waals surface area (Å²) in [6.45, 7) is 2.81. The normalized spacial score (nSPS) is 10.3. The van der Waals surface area contributed by atoms with Crippen LogP contribution >= 0.6 is 15.9 Å². The molecule has 0 aliphatic rings. The van der Waals surface area contributed by atoms with Crippen LogP contribution in [0.5, 0.6) is 0 Å². The van der Waals surface area contributed by atoms with Crippen molar-refractivity contribution in [3.05, 3.63) is 63.6 Å². The predicted molar refractivity (Wildman–Crippen MR) is 88.4 cm³/mol. The summed E-state index contributed by atoms with van der Waals surface area (Å²) in [5.74, 6) is 0.115. The fourth-order valence-electron chi connectivity index (χ4n) is 2.19. The summed E-state index contributed by atoms with van der Waals surface area (Å²) in [6, 6.07) is 14.3. The van der Waals surface area contributed by atoms with Crippen LogP contribution in [0.2, 0.25) is 0 Å². The Balaban J connectivity index is 2.19. The summed E-state index contributed by atoms with van der Waals surface area (Å²) in [4.78, 5) is 2.18. The lowest BCUT2D eigenvalue weighted by Gasteiger charge is -2.21. The number of anilines is 1. The molecule has 4 heteroatoms. The molecule has 0 bridgehead atoms. The molecule has 0 spiro atoms. The van der Waals surface area contributed by atoms with Gasteiger partial charge in [-0.1, -0.05) is 28.1 Å². The van der Waals surface area contributed by atoms with Gasteiger partial charge in [0.2, 0.25) is 0 Å². The zero-order valence-electron chi connectivity index (χ0n) is 11.7. The van der Waals surface area contributed by atoms with Crippen molar-refractivity contribution in [2.75, 3.05) is 11.9 Å². The van der Waals surface area contributed by atoms with E-state index in [2.05, 4.69) is 46.1 Å². The predicted octanol–water partition coefficient (Wildman–Crippen LogP) is 3.68. The van der Waals surface area contributed by atoms with E-state index in [9.17, 15) is 0 Å². The van der Waals surface area contributed by atoms with E-state index in [4.69, 9.17) is 11.1 Å². The van der Waals surface area contributed by atoms with Gasteiger partial charge >= 0.3 is 0 Å². The highest BCUT2D eigenvalue weighted by Crippen LogP contribution is 2.21. The number of halogens is 1. The molecule has 0 saturated heterocycles. The number of rotatable bonds is 4. The molecular formula is C16H18BrN3. The standard InChI is InChI=1S/C16H18BrN3/c1-11-8-14(6-7-15(11)16(18)19)20(2)10-12-4-3-5-13(17)9-12/h3-9H,10H2,1-2H3,(H3,18,19). The summed E-state index contributed by atoms with van der Waals surface area (Å²) in [7, 11) is 2.06. The highest BCUT2D eigenvalue weighted by atomic mass is 79.9. The minimum atomic E-state index is 0.115. The first-order chi connectivity index (χ1) is 9.47. The van der Waals surface area contributed by atoms with Gasteiger partial charge in [-0.25, -0.2) is 0 Å². The number of hydrogen-bond acceptors (Lipinski definition) is 2. The van der Waals surface area contributed by atoms with Crippen molar-refractivity contribution in [2.24, 2.45) is 5.73 Å². The molecule has 0 heterocycles. The second kappa shape index (κ2) is 6.09. The van der Waals surface area contributed by atoms with Gasteiger partial charge in [0.25, 0.3) is 0 Å². The van der Waals surface area contributed by atoms with Gasteiger partial charge < -0.3 is 10.6 Å². The maximum absolute atomic E-state index is 7.52. The Morgan fingerprint density at radius 2 is 2.00 bits per heavy atom. The minimum absolute atomic E-state index is 0.115. The first-order valence-electron chi connectivity index (χ1n) is 6.38. The van der Waals surface area contributed by atoms with Crippen LogP contribution in [0.15, 0.2) is 46.9 Å². The largest absolute Gasteiger partial charge is 0.384 e. The van der Waals surface area contributed by atoms with E-state index in [0.717, 1.165) is 27.8 Å². The third kappa shape index (κ3) is 3.39. The van der Waals surface area contributed by atoms with Crippen LogP contribution in [-0.4, -0.2) is 12.9 Å². The van der Waals surface area contributed by atoms with Crippen molar-refractivity contribution >= 4 is 27.5 Å². The molecule has 2 rings (SSSR count). The van der Waals surface area contributed by atoms with E-state index in [1.165, 1.54) is 5.56 Å². The van der Waals surface area contributed by atoms with E-state index in [1.807, 2.05) is 31.2 Å². The molecule has 0 unspecified atom stereocenters. The highest BCUT2D eigenvalue weighted by Gasteiger charge is 2.07. The fourth-order valence-corrected chi connectivity index (χ4v) is 2.63. The van der Waals surface area contributed by atoms with Gasteiger partial charge in [0.05, 0.1) is 0 Å².